The molecule has 0 aromatic rings. The summed E-state index contributed by atoms with van der Waals surface area (Å²) < 4.78 is 25.1. The highest BCUT2D eigenvalue weighted by Crippen LogP contribution is 2.26. The van der Waals surface area contributed by atoms with E-state index in [1.54, 1.807) is 11.8 Å². The Morgan fingerprint density at radius 3 is 2.31 bits per heavy atom. The average Bonchev–Trinajstić information content (AvgIpc) is 2.13. The van der Waals surface area contributed by atoms with E-state index in [9.17, 15) is 13.2 Å². The van der Waals surface area contributed by atoms with Gasteiger partial charge in [-0.05, 0) is 0 Å². The van der Waals surface area contributed by atoms with Crippen molar-refractivity contribution >= 4 is 27.8 Å². The highest BCUT2D eigenvalue weighted by atomic mass is 32.2. The van der Waals surface area contributed by atoms with E-state index in [0.29, 0.717) is 13.1 Å². The van der Waals surface area contributed by atoms with Crippen molar-refractivity contribution in [1.82, 2.24) is 4.31 Å². The van der Waals surface area contributed by atoms with Crippen LogP contribution in [0.5, 0.6) is 0 Å². The van der Waals surface area contributed by atoms with E-state index in [1.165, 1.54) is 4.31 Å². The zero-order valence-electron chi connectivity index (χ0n) is 9.42. The largest absolute Gasteiger partial charge is 0.481 e. The van der Waals surface area contributed by atoms with Crippen molar-refractivity contribution in [3.8, 4) is 0 Å². The van der Waals surface area contributed by atoms with E-state index < -0.39 is 16.0 Å². The molecule has 0 aromatic heterocycles. The maximum Gasteiger partial charge on any atom is 0.304 e. The van der Waals surface area contributed by atoms with Gasteiger partial charge in [0.15, 0.2) is 0 Å². The first kappa shape index (κ1) is 13.8. The highest BCUT2D eigenvalue weighted by Gasteiger charge is 2.30. The number of carbonyl (C=O) groups is 1. The SMILES string of the molecule is CC1CN(S(=O)(=O)CCC(=O)O)CC(C)S1. The smallest absolute Gasteiger partial charge is 0.304 e. The van der Waals surface area contributed by atoms with Crippen LogP contribution in [0.25, 0.3) is 0 Å². The quantitative estimate of drug-likeness (QED) is 0.808. The monoisotopic (exact) mass is 267 g/mol. The van der Waals surface area contributed by atoms with Gasteiger partial charge in [-0.1, -0.05) is 13.8 Å². The Morgan fingerprint density at radius 1 is 1.38 bits per heavy atom. The molecule has 0 aromatic carbocycles. The first-order valence-electron chi connectivity index (χ1n) is 5.16. The fourth-order valence-corrected chi connectivity index (χ4v) is 4.81. The topological polar surface area (TPSA) is 74.7 Å². The lowest BCUT2D eigenvalue weighted by molar-refractivity contribution is -0.136. The number of thioether (sulfide) groups is 1. The molecule has 0 aliphatic carbocycles. The van der Waals surface area contributed by atoms with Crippen LogP contribution in [-0.2, 0) is 14.8 Å². The zero-order chi connectivity index (χ0) is 12.3. The van der Waals surface area contributed by atoms with Crippen molar-refractivity contribution < 1.29 is 18.3 Å². The minimum absolute atomic E-state index is 0.267. The van der Waals surface area contributed by atoms with Gasteiger partial charge in [0, 0.05) is 23.6 Å². The molecule has 0 spiro atoms. The number of sulfonamides is 1. The number of hydrogen-bond donors (Lipinski definition) is 1. The summed E-state index contributed by atoms with van der Waals surface area (Å²) in [6.45, 7) is 4.94. The molecule has 2 unspecified atom stereocenters. The normalized spacial score (nSPS) is 27.9. The van der Waals surface area contributed by atoms with Gasteiger partial charge >= 0.3 is 5.97 Å². The van der Waals surface area contributed by atoms with Crippen molar-refractivity contribution in [3.05, 3.63) is 0 Å². The van der Waals surface area contributed by atoms with Crippen LogP contribution in [0.2, 0.25) is 0 Å². The Hall–Kier alpha value is -0.270. The van der Waals surface area contributed by atoms with Gasteiger partial charge in [0.1, 0.15) is 0 Å². The van der Waals surface area contributed by atoms with Gasteiger partial charge in [-0.2, -0.15) is 16.1 Å². The molecule has 1 heterocycles. The van der Waals surface area contributed by atoms with Crippen molar-refractivity contribution in [2.24, 2.45) is 0 Å². The van der Waals surface area contributed by atoms with E-state index in [-0.39, 0.29) is 22.7 Å². The minimum Gasteiger partial charge on any atom is -0.481 e. The molecule has 1 N–H and O–H groups in total. The molecule has 0 radical (unpaired) electrons. The van der Waals surface area contributed by atoms with Crippen molar-refractivity contribution in [1.29, 1.82) is 0 Å². The molecule has 1 fully saturated rings. The maximum atomic E-state index is 11.8. The number of hydrogen-bond acceptors (Lipinski definition) is 4. The number of carboxylic acid groups (broad SMARTS) is 1. The molecule has 16 heavy (non-hydrogen) atoms. The molecule has 1 aliphatic rings. The fraction of sp³-hybridized carbons (Fsp3) is 0.889. The van der Waals surface area contributed by atoms with E-state index in [4.69, 9.17) is 5.11 Å². The summed E-state index contributed by atoms with van der Waals surface area (Å²) in [6, 6.07) is 0. The van der Waals surface area contributed by atoms with Gasteiger partial charge in [0.05, 0.1) is 12.2 Å². The van der Waals surface area contributed by atoms with E-state index >= 15 is 0 Å². The van der Waals surface area contributed by atoms with Gasteiger partial charge in [0.2, 0.25) is 10.0 Å². The van der Waals surface area contributed by atoms with Crippen LogP contribution in [0.15, 0.2) is 0 Å². The first-order chi connectivity index (χ1) is 7.31. The van der Waals surface area contributed by atoms with Crippen LogP contribution in [0.1, 0.15) is 20.3 Å². The Labute approximate surface area is 100 Å². The van der Waals surface area contributed by atoms with Crippen molar-refractivity contribution in [2.45, 2.75) is 30.8 Å². The van der Waals surface area contributed by atoms with E-state index in [1.807, 2.05) is 13.8 Å². The van der Waals surface area contributed by atoms with Crippen molar-refractivity contribution in [3.63, 3.8) is 0 Å². The Balaban J connectivity index is 2.64. The van der Waals surface area contributed by atoms with Crippen LogP contribution in [0, 0.1) is 0 Å². The molecule has 0 saturated carbocycles. The second kappa shape index (κ2) is 5.37. The van der Waals surface area contributed by atoms with E-state index in [0.717, 1.165) is 0 Å². The molecule has 5 nitrogen and oxygen atoms in total. The summed E-state index contributed by atoms with van der Waals surface area (Å²) in [6.07, 6.45) is -0.325. The molecular weight excluding hydrogens is 250 g/mol. The Morgan fingerprint density at radius 2 is 1.88 bits per heavy atom. The Bertz CT molecular complexity index is 345. The van der Waals surface area contributed by atoms with Crippen LogP contribution in [0.4, 0.5) is 0 Å². The summed E-state index contributed by atoms with van der Waals surface area (Å²) in [7, 11) is -3.41. The van der Waals surface area contributed by atoms with Crippen LogP contribution >= 0.6 is 11.8 Å². The van der Waals surface area contributed by atoms with Gasteiger partial charge in [-0.15, -0.1) is 0 Å². The predicted octanol–water partition coefficient (Wildman–Crippen LogP) is 0.617. The first-order valence-corrected chi connectivity index (χ1v) is 7.71. The predicted molar refractivity (Wildman–Crippen MR) is 64.1 cm³/mol. The Kier molecular flexibility index (Phi) is 4.63. The molecule has 7 heteroatoms. The summed E-state index contributed by atoms with van der Waals surface area (Å²) >= 11 is 1.76. The molecule has 2 atom stereocenters. The third kappa shape index (κ3) is 3.95. The van der Waals surface area contributed by atoms with Gasteiger partial charge in [-0.3, -0.25) is 4.79 Å². The molecule has 1 saturated heterocycles. The molecule has 0 bridgehead atoms. The summed E-state index contributed by atoms with van der Waals surface area (Å²) in [4.78, 5) is 10.4. The molecule has 94 valence electrons. The standard InChI is InChI=1S/C9H17NO4S2/c1-7-5-10(6-8(2)15-7)16(13,14)4-3-9(11)12/h7-8H,3-6H2,1-2H3,(H,11,12). The van der Waals surface area contributed by atoms with Gasteiger partial charge in [0.25, 0.3) is 0 Å². The van der Waals surface area contributed by atoms with Crippen molar-refractivity contribution in [2.75, 3.05) is 18.8 Å². The lowest BCUT2D eigenvalue weighted by Crippen LogP contribution is -2.45. The summed E-state index contributed by atoms with van der Waals surface area (Å²) in [5.41, 5.74) is 0. The van der Waals surface area contributed by atoms with Crippen LogP contribution in [0.3, 0.4) is 0 Å². The summed E-state index contributed by atoms with van der Waals surface area (Å²) in [5.74, 6) is -1.37. The summed E-state index contributed by atoms with van der Waals surface area (Å²) in [5, 5.41) is 9.03. The zero-order valence-corrected chi connectivity index (χ0v) is 11.1. The third-order valence-electron chi connectivity index (χ3n) is 2.35. The number of carboxylic acids is 1. The number of aliphatic carboxylic acids is 1. The molecule has 0 amide bonds. The number of rotatable bonds is 4. The van der Waals surface area contributed by atoms with Crippen LogP contribution in [-0.4, -0.2) is 53.1 Å². The second-order valence-corrected chi connectivity index (χ2v) is 8.00. The molecule has 1 aliphatic heterocycles. The minimum atomic E-state index is -3.41. The van der Waals surface area contributed by atoms with Crippen LogP contribution < -0.4 is 0 Å². The second-order valence-electron chi connectivity index (χ2n) is 4.03. The average molecular weight is 267 g/mol. The van der Waals surface area contributed by atoms with E-state index in [2.05, 4.69) is 0 Å². The third-order valence-corrected chi connectivity index (χ3v) is 5.39. The van der Waals surface area contributed by atoms with Gasteiger partial charge in [-0.25, -0.2) is 8.42 Å². The number of nitrogens with zero attached hydrogens (tertiary/aromatic N) is 1. The fourth-order valence-electron chi connectivity index (χ4n) is 1.70. The molecular formula is C9H17NO4S2. The highest BCUT2D eigenvalue weighted by molar-refractivity contribution is 8.00. The maximum absolute atomic E-state index is 11.8. The lowest BCUT2D eigenvalue weighted by Gasteiger charge is -2.33. The van der Waals surface area contributed by atoms with Gasteiger partial charge < -0.3 is 5.11 Å². The lowest BCUT2D eigenvalue weighted by atomic mass is 10.4. The molecule has 1 rings (SSSR count).